The fraction of sp³-hybridized carbons (Fsp3) is 0.647. The Kier molecular flexibility index (Phi) is 8.31. The summed E-state index contributed by atoms with van der Waals surface area (Å²) < 4.78 is 5.96. The van der Waals surface area contributed by atoms with E-state index in [1.807, 2.05) is 30.3 Å². The highest BCUT2D eigenvalue weighted by Gasteiger charge is 2.10. The summed E-state index contributed by atoms with van der Waals surface area (Å²) in [6, 6.07) is 10.1. The van der Waals surface area contributed by atoms with Crippen molar-refractivity contribution in [3.05, 3.63) is 30.3 Å². The van der Waals surface area contributed by atoms with Crippen LogP contribution in [-0.2, 0) is 0 Å². The number of para-hydroxylation sites is 1. The molecule has 0 fully saturated rings. The average Bonchev–Trinajstić information content (AvgIpc) is 2.43. The summed E-state index contributed by atoms with van der Waals surface area (Å²) >= 11 is 0. The van der Waals surface area contributed by atoms with Crippen molar-refractivity contribution in [1.82, 2.24) is 4.90 Å². The molecule has 0 amide bonds. The van der Waals surface area contributed by atoms with Crippen LogP contribution in [0, 0.1) is 0 Å². The number of hydrogen-bond acceptors (Lipinski definition) is 2. The van der Waals surface area contributed by atoms with Gasteiger partial charge in [-0.1, -0.05) is 44.9 Å². The summed E-state index contributed by atoms with van der Waals surface area (Å²) in [5.74, 6) is 0.973. The summed E-state index contributed by atoms with van der Waals surface area (Å²) in [6.45, 7) is 10.1. The van der Waals surface area contributed by atoms with Gasteiger partial charge in [0.25, 0.3) is 0 Å². The van der Waals surface area contributed by atoms with E-state index in [1.54, 1.807) is 0 Å². The Morgan fingerprint density at radius 3 is 2.11 bits per heavy atom. The first kappa shape index (κ1) is 16.0. The zero-order valence-corrected chi connectivity index (χ0v) is 12.8. The van der Waals surface area contributed by atoms with Crippen LogP contribution in [0.5, 0.6) is 5.75 Å². The molecule has 1 aromatic carbocycles. The van der Waals surface area contributed by atoms with E-state index in [9.17, 15) is 0 Å². The van der Waals surface area contributed by atoms with Gasteiger partial charge in [0, 0.05) is 6.54 Å². The second-order valence-corrected chi connectivity index (χ2v) is 5.25. The van der Waals surface area contributed by atoms with Gasteiger partial charge in [-0.05, 0) is 45.0 Å². The molecule has 108 valence electrons. The second-order valence-electron chi connectivity index (χ2n) is 5.25. The molecule has 0 aliphatic rings. The normalized spacial score (nSPS) is 12.6. The van der Waals surface area contributed by atoms with Gasteiger partial charge in [-0.3, -0.25) is 4.90 Å². The zero-order valence-electron chi connectivity index (χ0n) is 12.8. The van der Waals surface area contributed by atoms with Crippen LogP contribution in [0.4, 0.5) is 0 Å². The van der Waals surface area contributed by atoms with Crippen LogP contribution < -0.4 is 4.74 Å². The quantitative estimate of drug-likeness (QED) is 0.622. The first-order valence-corrected chi connectivity index (χ1v) is 7.70. The van der Waals surface area contributed by atoms with E-state index in [1.165, 1.54) is 38.8 Å². The number of benzene rings is 1. The minimum atomic E-state index is 0.246. The van der Waals surface area contributed by atoms with Crippen molar-refractivity contribution < 1.29 is 4.74 Å². The number of ether oxygens (including phenoxy) is 1. The fourth-order valence-electron chi connectivity index (χ4n) is 2.19. The van der Waals surface area contributed by atoms with Crippen molar-refractivity contribution in [3.63, 3.8) is 0 Å². The lowest BCUT2D eigenvalue weighted by Gasteiger charge is -2.26. The molecule has 0 saturated carbocycles. The molecule has 2 heteroatoms. The Balaban J connectivity index is 2.38. The summed E-state index contributed by atoms with van der Waals surface area (Å²) in [4.78, 5) is 2.54. The van der Waals surface area contributed by atoms with Crippen molar-refractivity contribution in [2.24, 2.45) is 0 Å². The molecule has 19 heavy (non-hydrogen) atoms. The van der Waals surface area contributed by atoms with Crippen LogP contribution in [0.15, 0.2) is 30.3 Å². The molecule has 0 heterocycles. The van der Waals surface area contributed by atoms with E-state index in [0.29, 0.717) is 0 Å². The van der Waals surface area contributed by atoms with E-state index in [2.05, 4.69) is 25.7 Å². The first-order chi connectivity index (χ1) is 9.26. The van der Waals surface area contributed by atoms with Gasteiger partial charge in [-0.15, -0.1) is 0 Å². The smallest absolute Gasteiger partial charge is 0.119 e. The van der Waals surface area contributed by atoms with Gasteiger partial charge in [0.05, 0.1) is 0 Å². The summed E-state index contributed by atoms with van der Waals surface area (Å²) in [5, 5.41) is 0. The molecule has 1 aromatic rings. The Hall–Kier alpha value is -1.02. The maximum Gasteiger partial charge on any atom is 0.119 e. The number of hydrogen-bond donors (Lipinski definition) is 0. The van der Waals surface area contributed by atoms with Crippen LogP contribution in [-0.4, -0.2) is 30.6 Å². The Bertz CT molecular complexity index is 304. The maximum atomic E-state index is 5.96. The lowest BCUT2D eigenvalue weighted by molar-refractivity contribution is 0.143. The van der Waals surface area contributed by atoms with Crippen molar-refractivity contribution >= 4 is 0 Å². The van der Waals surface area contributed by atoms with Gasteiger partial charge < -0.3 is 4.74 Å². The Labute approximate surface area is 118 Å². The van der Waals surface area contributed by atoms with E-state index in [0.717, 1.165) is 12.3 Å². The van der Waals surface area contributed by atoms with Crippen LogP contribution in [0.2, 0.25) is 0 Å². The van der Waals surface area contributed by atoms with Crippen molar-refractivity contribution in [1.29, 1.82) is 0 Å². The minimum absolute atomic E-state index is 0.246. The van der Waals surface area contributed by atoms with Crippen LogP contribution in [0.3, 0.4) is 0 Å². The molecule has 2 nitrogen and oxygen atoms in total. The maximum absolute atomic E-state index is 5.96. The molecule has 0 spiro atoms. The van der Waals surface area contributed by atoms with Gasteiger partial charge in [0.1, 0.15) is 11.9 Å². The average molecular weight is 263 g/mol. The van der Waals surface area contributed by atoms with Gasteiger partial charge in [-0.25, -0.2) is 0 Å². The third-order valence-electron chi connectivity index (χ3n) is 3.25. The predicted octanol–water partition coefficient (Wildman–Crippen LogP) is 4.36. The van der Waals surface area contributed by atoms with Crippen molar-refractivity contribution in [2.45, 2.75) is 52.6 Å². The minimum Gasteiger partial charge on any atom is -0.489 e. The number of nitrogens with zero attached hydrogens (tertiary/aromatic N) is 1. The molecule has 0 aliphatic heterocycles. The molecular weight excluding hydrogens is 234 g/mol. The fourth-order valence-corrected chi connectivity index (χ4v) is 2.19. The molecule has 0 aliphatic carbocycles. The lowest BCUT2D eigenvalue weighted by atomic mass is 10.2. The van der Waals surface area contributed by atoms with Gasteiger partial charge in [0.2, 0.25) is 0 Å². The number of rotatable bonds is 10. The molecule has 1 atom stereocenters. The van der Waals surface area contributed by atoms with Gasteiger partial charge in [-0.2, -0.15) is 0 Å². The molecule has 1 unspecified atom stereocenters. The van der Waals surface area contributed by atoms with E-state index >= 15 is 0 Å². The largest absolute Gasteiger partial charge is 0.489 e. The molecular formula is C17H29NO. The second kappa shape index (κ2) is 9.85. The highest BCUT2D eigenvalue weighted by Crippen LogP contribution is 2.12. The molecule has 0 radical (unpaired) electrons. The lowest BCUT2D eigenvalue weighted by Crippen LogP contribution is -2.35. The third-order valence-corrected chi connectivity index (χ3v) is 3.25. The molecule has 0 aromatic heterocycles. The number of unbranched alkanes of at least 4 members (excludes halogenated alkanes) is 2. The SMILES string of the molecule is CCCCN(CCCC)CC(C)Oc1ccccc1. The predicted molar refractivity (Wildman–Crippen MR) is 82.8 cm³/mol. The van der Waals surface area contributed by atoms with E-state index in [4.69, 9.17) is 4.74 Å². The summed E-state index contributed by atoms with van der Waals surface area (Å²) in [6.07, 6.45) is 5.33. The highest BCUT2D eigenvalue weighted by atomic mass is 16.5. The van der Waals surface area contributed by atoms with Crippen LogP contribution in [0.25, 0.3) is 0 Å². The first-order valence-electron chi connectivity index (χ1n) is 7.70. The summed E-state index contributed by atoms with van der Waals surface area (Å²) in [7, 11) is 0. The van der Waals surface area contributed by atoms with Gasteiger partial charge in [0.15, 0.2) is 0 Å². The van der Waals surface area contributed by atoms with Crippen molar-refractivity contribution in [2.75, 3.05) is 19.6 Å². The molecule has 0 bridgehead atoms. The van der Waals surface area contributed by atoms with E-state index < -0.39 is 0 Å². The standard InChI is InChI=1S/C17H29NO/c1-4-6-13-18(14-7-5-2)15-16(3)19-17-11-9-8-10-12-17/h8-12,16H,4-7,13-15H2,1-3H3. The summed E-state index contributed by atoms with van der Waals surface area (Å²) in [5.41, 5.74) is 0. The van der Waals surface area contributed by atoms with E-state index in [-0.39, 0.29) is 6.10 Å². The van der Waals surface area contributed by atoms with Crippen LogP contribution in [0.1, 0.15) is 46.5 Å². The third kappa shape index (κ3) is 7.22. The molecule has 1 rings (SSSR count). The topological polar surface area (TPSA) is 12.5 Å². The van der Waals surface area contributed by atoms with Crippen molar-refractivity contribution in [3.8, 4) is 5.75 Å². The molecule has 0 N–H and O–H groups in total. The van der Waals surface area contributed by atoms with Gasteiger partial charge >= 0.3 is 0 Å². The zero-order chi connectivity index (χ0) is 13.9. The Morgan fingerprint density at radius 2 is 1.58 bits per heavy atom. The Morgan fingerprint density at radius 1 is 1.00 bits per heavy atom. The molecule has 0 saturated heterocycles. The monoisotopic (exact) mass is 263 g/mol. The van der Waals surface area contributed by atoms with Crippen LogP contribution >= 0.6 is 0 Å². The highest BCUT2D eigenvalue weighted by molar-refractivity contribution is 5.21.